The lowest BCUT2D eigenvalue weighted by Gasteiger charge is -2.29. The van der Waals surface area contributed by atoms with Crippen molar-refractivity contribution in [2.75, 3.05) is 19.7 Å². The number of amides is 1. The van der Waals surface area contributed by atoms with Gasteiger partial charge in [0.25, 0.3) is 0 Å². The van der Waals surface area contributed by atoms with Crippen molar-refractivity contribution in [3.63, 3.8) is 0 Å². The Morgan fingerprint density at radius 3 is 2.53 bits per heavy atom. The SMILES string of the molecule is CCNC(=O)CCNC(C)(CC)CCO. The number of aliphatic hydroxyl groups is 1. The summed E-state index contributed by atoms with van der Waals surface area (Å²) >= 11 is 0. The van der Waals surface area contributed by atoms with E-state index in [1.165, 1.54) is 0 Å². The number of hydrogen-bond acceptors (Lipinski definition) is 3. The minimum Gasteiger partial charge on any atom is -0.396 e. The summed E-state index contributed by atoms with van der Waals surface area (Å²) in [6.45, 7) is 7.58. The quantitative estimate of drug-likeness (QED) is 0.558. The highest BCUT2D eigenvalue weighted by Gasteiger charge is 2.20. The van der Waals surface area contributed by atoms with Gasteiger partial charge in [0.2, 0.25) is 5.91 Å². The second-order valence-electron chi connectivity index (χ2n) is 4.02. The maximum absolute atomic E-state index is 11.2. The van der Waals surface area contributed by atoms with Gasteiger partial charge in [-0.15, -0.1) is 0 Å². The topological polar surface area (TPSA) is 61.4 Å². The summed E-state index contributed by atoms with van der Waals surface area (Å²) in [5.41, 5.74) is -0.0543. The second kappa shape index (κ2) is 7.65. The first kappa shape index (κ1) is 14.4. The van der Waals surface area contributed by atoms with Crippen LogP contribution in [0.3, 0.4) is 0 Å². The molecular weight excluding hydrogens is 192 g/mol. The molecule has 0 heterocycles. The van der Waals surface area contributed by atoms with Crippen LogP contribution in [-0.4, -0.2) is 36.2 Å². The fourth-order valence-electron chi connectivity index (χ4n) is 1.40. The van der Waals surface area contributed by atoms with Crippen LogP contribution in [0.5, 0.6) is 0 Å². The van der Waals surface area contributed by atoms with Crippen molar-refractivity contribution in [3.05, 3.63) is 0 Å². The summed E-state index contributed by atoms with van der Waals surface area (Å²) in [4.78, 5) is 11.2. The zero-order chi connectivity index (χ0) is 11.7. The Hall–Kier alpha value is -0.610. The van der Waals surface area contributed by atoms with E-state index in [9.17, 15) is 4.79 Å². The minimum atomic E-state index is -0.0543. The Bertz CT molecular complexity index is 185. The molecular formula is C11H24N2O2. The molecule has 0 saturated carbocycles. The van der Waals surface area contributed by atoms with Crippen molar-refractivity contribution in [2.24, 2.45) is 0 Å². The lowest BCUT2D eigenvalue weighted by molar-refractivity contribution is -0.120. The predicted octanol–water partition coefficient (Wildman–Crippen LogP) is 0.653. The van der Waals surface area contributed by atoms with Gasteiger partial charge in [-0.1, -0.05) is 6.92 Å². The standard InChI is InChI=1S/C11H24N2O2/c1-4-11(3,7-9-14)13-8-6-10(15)12-5-2/h13-14H,4-9H2,1-3H3,(H,12,15). The summed E-state index contributed by atoms with van der Waals surface area (Å²) < 4.78 is 0. The Kier molecular flexibility index (Phi) is 7.34. The summed E-state index contributed by atoms with van der Waals surface area (Å²) in [5, 5.41) is 15.0. The van der Waals surface area contributed by atoms with Gasteiger partial charge < -0.3 is 15.7 Å². The van der Waals surface area contributed by atoms with Crippen LogP contribution in [-0.2, 0) is 4.79 Å². The number of carbonyl (C=O) groups excluding carboxylic acids is 1. The first-order chi connectivity index (χ1) is 7.08. The predicted molar refractivity (Wildman–Crippen MR) is 61.7 cm³/mol. The molecule has 0 aliphatic heterocycles. The molecule has 1 unspecified atom stereocenters. The summed E-state index contributed by atoms with van der Waals surface area (Å²) in [6.07, 6.45) is 2.16. The first-order valence-electron chi connectivity index (χ1n) is 5.70. The molecule has 0 bridgehead atoms. The van der Waals surface area contributed by atoms with Gasteiger partial charge in [-0.3, -0.25) is 4.79 Å². The van der Waals surface area contributed by atoms with E-state index in [2.05, 4.69) is 24.5 Å². The van der Waals surface area contributed by atoms with Crippen LogP contribution in [0.15, 0.2) is 0 Å². The highest BCUT2D eigenvalue weighted by Crippen LogP contribution is 2.13. The van der Waals surface area contributed by atoms with Gasteiger partial charge in [-0.25, -0.2) is 0 Å². The minimum absolute atomic E-state index is 0.0543. The van der Waals surface area contributed by atoms with Gasteiger partial charge in [-0.2, -0.15) is 0 Å². The van der Waals surface area contributed by atoms with Gasteiger partial charge in [0.1, 0.15) is 0 Å². The first-order valence-corrected chi connectivity index (χ1v) is 5.70. The number of rotatable bonds is 8. The van der Waals surface area contributed by atoms with Crippen LogP contribution in [0, 0.1) is 0 Å². The molecule has 0 aromatic heterocycles. The molecule has 0 aromatic carbocycles. The van der Waals surface area contributed by atoms with Crippen LogP contribution in [0.25, 0.3) is 0 Å². The molecule has 4 nitrogen and oxygen atoms in total. The van der Waals surface area contributed by atoms with Crippen molar-refractivity contribution in [1.82, 2.24) is 10.6 Å². The fraction of sp³-hybridized carbons (Fsp3) is 0.909. The van der Waals surface area contributed by atoms with Crippen LogP contribution < -0.4 is 10.6 Å². The van der Waals surface area contributed by atoms with E-state index in [0.29, 0.717) is 19.5 Å². The molecule has 0 fully saturated rings. The molecule has 15 heavy (non-hydrogen) atoms. The maximum Gasteiger partial charge on any atom is 0.221 e. The smallest absolute Gasteiger partial charge is 0.221 e. The molecule has 0 radical (unpaired) electrons. The van der Waals surface area contributed by atoms with E-state index in [1.807, 2.05) is 6.92 Å². The largest absolute Gasteiger partial charge is 0.396 e. The maximum atomic E-state index is 11.2. The zero-order valence-electron chi connectivity index (χ0n) is 10.1. The lowest BCUT2D eigenvalue weighted by Crippen LogP contribution is -2.44. The Labute approximate surface area is 92.4 Å². The lowest BCUT2D eigenvalue weighted by atomic mass is 9.95. The number of carbonyl (C=O) groups is 1. The molecule has 0 aromatic rings. The van der Waals surface area contributed by atoms with E-state index in [0.717, 1.165) is 12.8 Å². The van der Waals surface area contributed by atoms with E-state index in [4.69, 9.17) is 5.11 Å². The van der Waals surface area contributed by atoms with E-state index in [-0.39, 0.29) is 18.1 Å². The molecule has 0 aliphatic rings. The fourth-order valence-corrected chi connectivity index (χ4v) is 1.40. The molecule has 1 atom stereocenters. The van der Waals surface area contributed by atoms with Gasteiger partial charge >= 0.3 is 0 Å². The molecule has 0 rings (SSSR count). The summed E-state index contributed by atoms with van der Waals surface area (Å²) in [6, 6.07) is 0. The number of aliphatic hydroxyl groups excluding tert-OH is 1. The van der Waals surface area contributed by atoms with Crippen LogP contribution in [0.2, 0.25) is 0 Å². The van der Waals surface area contributed by atoms with Crippen molar-refractivity contribution in [1.29, 1.82) is 0 Å². The highest BCUT2D eigenvalue weighted by atomic mass is 16.3. The van der Waals surface area contributed by atoms with Crippen LogP contribution in [0.4, 0.5) is 0 Å². The average molecular weight is 216 g/mol. The van der Waals surface area contributed by atoms with Gasteiger partial charge in [0, 0.05) is 31.7 Å². The van der Waals surface area contributed by atoms with E-state index < -0.39 is 0 Å². The summed E-state index contributed by atoms with van der Waals surface area (Å²) in [5.74, 6) is 0.0763. The average Bonchev–Trinajstić information content (AvgIpc) is 2.18. The third kappa shape index (κ3) is 6.47. The third-order valence-corrected chi connectivity index (χ3v) is 2.72. The second-order valence-corrected chi connectivity index (χ2v) is 4.02. The van der Waals surface area contributed by atoms with Gasteiger partial charge in [0.05, 0.1) is 0 Å². The highest BCUT2D eigenvalue weighted by molar-refractivity contribution is 5.75. The van der Waals surface area contributed by atoms with E-state index >= 15 is 0 Å². The van der Waals surface area contributed by atoms with Crippen molar-refractivity contribution in [2.45, 2.75) is 45.6 Å². The monoisotopic (exact) mass is 216 g/mol. The molecule has 90 valence electrons. The Balaban J connectivity index is 3.76. The van der Waals surface area contributed by atoms with Crippen LogP contribution >= 0.6 is 0 Å². The molecule has 0 spiro atoms. The van der Waals surface area contributed by atoms with Crippen LogP contribution in [0.1, 0.15) is 40.0 Å². The van der Waals surface area contributed by atoms with Gasteiger partial charge in [-0.05, 0) is 26.7 Å². The molecule has 1 amide bonds. The Morgan fingerprint density at radius 1 is 1.40 bits per heavy atom. The number of hydrogen-bond donors (Lipinski definition) is 3. The van der Waals surface area contributed by atoms with Gasteiger partial charge in [0.15, 0.2) is 0 Å². The molecule has 0 aliphatic carbocycles. The normalized spacial score (nSPS) is 14.7. The summed E-state index contributed by atoms with van der Waals surface area (Å²) in [7, 11) is 0. The van der Waals surface area contributed by atoms with Crippen molar-refractivity contribution < 1.29 is 9.90 Å². The third-order valence-electron chi connectivity index (χ3n) is 2.72. The molecule has 0 saturated heterocycles. The zero-order valence-corrected chi connectivity index (χ0v) is 10.1. The molecule has 3 N–H and O–H groups in total. The van der Waals surface area contributed by atoms with Crippen molar-refractivity contribution in [3.8, 4) is 0 Å². The van der Waals surface area contributed by atoms with E-state index in [1.54, 1.807) is 0 Å². The molecule has 4 heteroatoms. The number of nitrogens with one attached hydrogen (secondary N) is 2. The van der Waals surface area contributed by atoms with Crippen molar-refractivity contribution >= 4 is 5.91 Å². The Morgan fingerprint density at radius 2 is 2.07 bits per heavy atom.